The van der Waals surface area contributed by atoms with Crippen LogP contribution in [-0.4, -0.2) is 25.6 Å². The molecule has 1 aromatic carbocycles. The summed E-state index contributed by atoms with van der Waals surface area (Å²) >= 11 is 0. The molecule has 0 radical (unpaired) electrons. The number of ether oxygens (including phenoxy) is 2. The lowest BCUT2D eigenvalue weighted by Gasteiger charge is -2.18. The Labute approximate surface area is 108 Å². The fourth-order valence-corrected chi connectivity index (χ4v) is 1.30. The van der Waals surface area contributed by atoms with Crippen LogP contribution in [-0.2, 0) is 16.1 Å². The predicted molar refractivity (Wildman–Crippen MR) is 61.2 cm³/mol. The van der Waals surface area contributed by atoms with Gasteiger partial charge in [-0.1, -0.05) is 30.3 Å². The van der Waals surface area contributed by atoms with Crippen LogP contribution in [0.2, 0.25) is 0 Å². The van der Waals surface area contributed by atoms with E-state index in [4.69, 9.17) is 4.74 Å². The van der Waals surface area contributed by atoms with Crippen molar-refractivity contribution in [3.63, 3.8) is 0 Å². The maximum atomic E-state index is 12.1. The summed E-state index contributed by atoms with van der Waals surface area (Å²) in [4.78, 5) is 11.3. The van der Waals surface area contributed by atoms with Gasteiger partial charge in [0.15, 0.2) is 0 Å². The van der Waals surface area contributed by atoms with Gasteiger partial charge in [0.1, 0.15) is 12.8 Å². The third-order valence-electron chi connectivity index (χ3n) is 2.19. The number of nitrogens with one attached hydrogen (secondary N) is 1. The molecule has 0 saturated carbocycles. The molecular formula is C12H14F3NO3. The number of hydrogen-bond donors (Lipinski definition) is 1. The Morgan fingerprint density at radius 3 is 2.47 bits per heavy atom. The summed E-state index contributed by atoms with van der Waals surface area (Å²) < 4.78 is 45.7. The molecule has 0 heterocycles. The van der Waals surface area contributed by atoms with E-state index in [0.717, 1.165) is 12.7 Å². The fourth-order valence-electron chi connectivity index (χ4n) is 1.30. The number of amides is 1. The van der Waals surface area contributed by atoms with Crippen molar-refractivity contribution in [2.45, 2.75) is 25.4 Å². The molecule has 1 aromatic rings. The van der Waals surface area contributed by atoms with Crippen LogP contribution in [0.25, 0.3) is 0 Å². The lowest BCUT2D eigenvalue weighted by atomic mass is 10.2. The van der Waals surface area contributed by atoms with E-state index in [-0.39, 0.29) is 6.61 Å². The van der Waals surface area contributed by atoms with Crippen LogP contribution in [0.3, 0.4) is 0 Å². The molecule has 19 heavy (non-hydrogen) atoms. The SMILES string of the molecule is COC(CC(F)(F)F)NC(=O)OCc1ccccc1. The normalized spacial score (nSPS) is 12.8. The van der Waals surface area contributed by atoms with E-state index in [1.807, 2.05) is 5.32 Å². The molecule has 0 fully saturated rings. The molecular weight excluding hydrogens is 263 g/mol. The van der Waals surface area contributed by atoms with Gasteiger partial charge in [0.05, 0.1) is 6.42 Å². The van der Waals surface area contributed by atoms with Crippen molar-refractivity contribution in [3.05, 3.63) is 35.9 Å². The summed E-state index contributed by atoms with van der Waals surface area (Å²) in [5.41, 5.74) is 0.738. The molecule has 0 aliphatic rings. The first-order valence-corrected chi connectivity index (χ1v) is 5.47. The zero-order valence-corrected chi connectivity index (χ0v) is 10.2. The number of hydrogen-bond acceptors (Lipinski definition) is 3. The number of benzene rings is 1. The zero-order valence-electron chi connectivity index (χ0n) is 10.2. The summed E-state index contributed by atoms with van der Waals surface area (Å²) in [6.45, 7) is -0.0187. The highest BCUT2D eigenvalue weighted by Crippen LogP contribution is 2.21. The van der Waals surface area contributed by atoms with Gasteiger partial charge in [0.25, 0.3) is 0 Å². The molecule has 106 valence electrons. The minimum atomic E-state index is -4.42. The molecule has 1 atom stereocenters. The molecule has 1 amide bonds. The standard InChI is InChI=1S/C12H14F3NO3/c1-18-10(7-12(13,14)15)16-11(17)19-8-9-5-3-2-4-6-9/h2-6,10H,7-8H2,1H3,(H,16,17). The summed E-state index contributed by atoms with van der Waals surface area (Å²) in [5, 5.41) is 1.99. The maximum Gasteiger partial charge on any atom is 0.409 e. The van der Waals surface area contributed by atoms with Crippen LogP contribution < -0.4 is 5.32 Å². The van der Waals surface area contributed by atoms with Crippen molar-refractivity contribution in [1.82, 2.24) is 5.32 Å². The molecule has 0 saturated heterocycles. The van der Waals surface area contributed by atoms with Crippen LogP contribution in [0.15, 0.2) is 30.3 Å². The first-order chi connectivity index (χ1) is 8.90. The Bertz CT molecular complexity index is 395. The van der Waals surface area contributed by atoms with E-state index >= 15 is 0 Å². The highest BCUT2D eigenvalue weighted by atomic mass is 19.4. The summed E-state index contributed by atoms with van der Waals surface area (Å²) in [7, 11) is 1.08. The van der Waals surface area contributed by atoms with Crippen molar-refractivity contribution in [1.29, 1.82) is 0 Å². The number of halogens is 3. The number of alkyl halides is 3. The van der Waals surface area contributed by atoms with E-state index in [2.05, 4.69) is 4.74 Å². The van der Waals surface area contributed by atoms with Gasteiger partial charge in [-0.15, -0.1) is 0 Å². The Morgan fingerprint density at radius 2 is 1.95 bits per heavy atom. The number of methoxy groups -OCH3 is 1. The summed E-state index contributed by atoms with van der Waals surface area (Å²) in [5.74, 6) is 0. The van der Waals surface area contributed by atoms with Crippen LogP contribution in [0.4, 0.5) is 18.0 Å². The Hall–Kier alpha value is -1.76. The second-order valence-corrected chi connectivity index (χ2v) is 3.75. The summed E-state index contributed by atoms with van der Waals surface area (Å²) in [6.07, 6.45) is -8.11. The fraction of sp³-hybridized carbons (Fsp3) is 0.417. The van der Waals surface area contributed by atoms with Gasteiger partial charge in [0.2, 0.25) is 0 Å². The summed E-state index contributed by atoms with van der Waals surface area (Å²) in [6, 6.07) is 8.79. The molecule has 1 N–H and O–H groups in total. The van der Waals surface area contributed by atoms with E-state index in [1.54, 1.807) is 30.3 Å². The van der Waals surface area contributed by atoms with Crippen molar-refractivity contribution in [2.24, 2.45) is 0 Å². The van der Waals surface area contributed by atoms with Crippen molar-refractivity contribution in [2.75, 3.05) is 7.11 Å². The number of carbonyl (C=O) groups is 1. The van der Waals surface area contributed by atoms with Gasteiger partial charge in [-0.2, -0.15) is 13.2 Å². The first-order valence-electron chi connectivity index (χ1n) is 5.47. The molecule has 0 aromatic heterocycles. The Balaban J connectivity index is 2.37. The van der Waals surface area contributed by atoms with Gasteiger partial charge in [0, 0.05) is 7.11 Å². The number of alkyl carbamates (subject to hydrolysis) is 1. The number of rotatable bonds is 5. The molecule has 1 unspecified atom stereocenters. The van der Waals surface area contributed by atoms with E-state index < -0.39 is 24.9 Å². The van der Waals surface area contributed by atoms with Crippen LogP contribution in [0.5, 0.6) is 0 Å². The molecule has 0 aliphatic carbocycles. The monoisotopic (exact) mass is 277 g/mol. The average molecular weight is 277 g/mol. The Kier molecular flexibility index (Phi) is 5.62. The van der Waals surface area contributed by atoms with Crippen LogP contribution >= 0.6 is 0 Å². The van der Waals surface area contributed by atoms with Gasteiger partial charge in [-0.25, -0.2) is 4.79 Å². The second-order valence-electron chi connectivity index (χ2n) is 3.75. The predicted octanol–water partition coefficient (Wildman–Crippen LogP) is 2.84. The van der Waals surface area contributed by atoms with Gasteiger partial charge in [-0.3, -0.25) is 5.32 Å². The average Bonchev–Trinajstić information content (AvgIpc) is 2.35. The van der Waals surface area contributed by atoms with Gasteiger partial charge < -0.3 is 9.47 Å². The van der Waals surface area contributed by atoms with Crippen LogP contribution in [0.1, 0.15) is 12.0 Å². The topological polar surface area (TPSA) is 47.6 Å². The van der Waals surface area contributed by atoms with Gasteiger partial charge >= 0.3 is 12.3 Å². The lowest BCUT2D eigenvalue weighted by molar-refractivity contribution is -0.160. The molecule has 0 spiro atoms. The largest absolute Gasteiger partial charge is 0.445 e. The molecule has 4 nitrogen and oxygen atoms in total. The minimum absolute atomic E-state index is 0.0187. The quantitative estimate of drug-likeness (QED) is 0.842. The second kappa shape index (κ2) is 6.98. The van der Waals surface area contributed by atoms with Crippen molar-refractivity contribution >= 4 is 6.09 Å². The number of carbonyl (C=O) groups excluding carboxylic acids is 1. The highest BCUT2D eigenvalue weighted by Gasteiger charge is 2.33. The van der Waals surface area contributed by atoms with Crippen molar-refractivity contribution < 1.29 is 27.4 Å². The zero-order chi connectivity index (χ0) is 14.3. The molecule has 7 heteroatoms. The van der Waals surface area contributed by atoms with Crippen LogP contribution in [0, 0.1) is 0 Å². The van der Waals surface area contributed by atoms with Gasteiger partial charge in [-0.05, 0) is 5.56 Å². The smallest absolute Gasteiger partial charge is 0.409 e. The maximum absolute atomic E-state index is 12.1. The first kappa shape index (κ1) is 15.3. The third kappa shape index (κ3) is 6.66. The molecule has 1 rings (SSSR count). The molecule has 0 aliphatic heterocycles. The Morgan fingerprint density at radius 1 is 1.32 bits per heavy atom. The lowest BCUT2D eigenvalue weighted by Crippen LogP contribution is -2.39. The molecule has 0 bridgehead atoms. The van der Waals surface area contributed by atoms with E-state index in [9.17, 15) is 18.0 Å². The third-order valence-corrected chi connectivity index (χ3v) is 2.19. The van der Waals surface area contributed by atoms with E-state index in [1.165, 1.54) is 0 Å². The van der Waals surface area contributed by atoms with E-state index in [0.29, 0.717) is 0 Å². The van der Waals surface area contributed by atoms with Crippen molar-refractivity contribution in [3.8, 4) is 0 Å². The minimum Gasteiger partial charge on any atom is -0.445 e. The highest BCUT2D eigenvalue weighted by molar-refractivity contribution is 5.67.